The third-order valence-electron chi connectivity index (χ3n) is 5.04. The molecule has 1 aliphatic heterocycles. The molecule has 0 atom stereocenters. The van der Waals surface area contributed by atoms with E-state index in [1.165, 1.54) is 4.70 Å². The number of fused-ring (bicyclic) bond motifs is 2. The van der Waals surface area contributed by atoms with Gasteiger partial charge in [-0.1, -0.05) is 12.1 Å². The Morgan fingerprint density at radius 1 is 1.36 bits per heavy atom. The van der Waals surface area contributed by atoms with E-state index >= 15 is 0 Å². The number of carbonyl (C=O) groups is 1. The number of nitrogens with zero attached hydrogens (tertiary/aromatic N) is 4. The third-order valence-corrected chi connectivity index (χ3v) is 6.07. The number of ether oxygens (including phenoxy) is 1. The number of carbonyl (C=O) groups excluding carboxylic acids is 1. The summed E-state index contributed by atoms with van der Waals surface area (Å²) >= 11 is 1.74. The Hall–Kier alpha value is -2.29. The average Bonchev–Trinajstić information content (AvgIpc) is 3.25. The van der Waals surface area contributed by atoms with Gasteiger partial charge in [0.25, 0.3) is 5.91 Å². The molecular weight excluding hydrogens is 374 g/mol. The maximum absolute atomic E-state index is 12.6. The minimum Gasteiger partial charge on any atom is -0.385 e. The van der Waals surface area contributed by atoms with Crippen LogP contribution in [0.4, 0.5) is 0 Å². The monoisotopic (exact) mass is 399 g/mol. The zero-order chi connectivity index (χ0) is 19.5. The molecule has 2 aromatic heterocycles. The van der Waals surface area contributed by atoms with Crippen molar-refractivity contribution in [3.8, 4) is 0 Å². The Kier molecular flexibility index (Phi) is 5.70. The van der Waals surface area contributed by atoms with Crippen LogP contribution in [0.1, 0.15) is 33.2 Å². The molecule has 7 nitrogen and oxygen atoms in total. The van der Waals surface area contributed by atoms with Crippen molar-refractivity contribution in [1.29, 1.82) is 0 Å². The number of aryl methyl sites for hydroxylation is 1. The number of methoxy groups -OCH3 is 1. The van der Waals surface area contributed by atoms with E-state index in [-0.39, 0.29) is 5.91 Å². The summed E-state index contributed by atoms with van der Waals surface area (Å²) < 4.78 is 8.10. The molecule has 1 aromatic carbocycles. The van der Waals surface area contributed by atoms with E-state index in [1.54, 1.807) is 18.4 Å². The lowest BCUT2D eigenvalue weighted by Crippen LogP contribution is -2.32. The molecule has 1 amide bonds. The van der Waals surface area contributed by atoms with E-state index < -0.39 is 0 Å². The lowest BCUT2D eigenvalue weighted by Gasteiger charge is -2.26. The second kappa shape index (κ2) is 8.38. The highest BCUT2D eigenvalue weighted by Crippen LogP contribution is 2.26. The van der Waals surface area contributed by atoms with E-state index in [0.29, 0.717) is 18.8 Å². The molecule has 8 heteroatoms. The molecule has 0 spiro atoms. The standard InChI is InChI=1S/C20H25N5O2S/c1-24-16-8-10-25(13-18-22-15-6-3-4-7-17(15)28-18)12-14(16)19(23-24)20(26)21-9-5-11-27-2/h3-4,6-7H,5,8-13H2,1-2H3,(H,21,26). The van der Waals surface area contributed by atoms with E-state index in [1.807, 2.05) is 23.9 Å². The second-order valence-electron chi connectivity index (χ2n) is 7.04. The first-order valence-corrected chi connectivity index (χ1v) is 10.4. The summed E-state index contributed by atoms with van der Waals surface area (Å²) in [5.74, 6) is -0.102. The van der Waals surface area contributed by atoms with Crippen LogP contribution in [0.3, 0.4) is 0 Å². The van der Waals surface area contributed by atoms with Crippen molar-refractivity contribution < 1.29 is 9.53 Å². The van der Waals surface area contributed by atoms with Gasteiger partial charge in [0.05, 0.1) is 16.8 Å². The quantitative estimate of drug-likeness (QED) is 0.618. The molecule has 0 bridgehead atoms. The van der Waals surface area contributed by atoms with Crippen molar-refractivity contribution in [2.24, 2.45) is 7.05 Å². The van der Waals surface area contributed by atoms with Gasteiger partial charge in [0.15, 0.2) is 5.69 Å². The summed E-state index contributed by atoms with van der Waals surface area (Å²) in [6.45, 7) is 3.68. The van der Waals surface area contributed by atoms with Gasteiger partial charge in [0.2, 0.25) is 0 Å². The summed E-state index contributed by atoms with van der Waals surface area (Å²) in [7, 11) is 3.58. The fraction of sp³-hybridized carbons (Fsp3) is 0.450. The molecule has 4 rings (SSSR count). The van der Waals surface area contributed by atoms with Crippen molar-refractivity contribution >= 4 is 27.5 Å². The molecule has 0 radical (unpaired) electrons. The van der Waals surface area contributed by atoms with E-state index in [2.05, 4.69) is 27.4 Å². The minimum atomic E-state index is -0.102. The lowest BCUT2D eigenvalue weighted by molar-refractivity contribution is 0.0940. The summed E-state index contributed by atoms with van der Waals surface area (Å²) in [5, 5.41) is 8.57. The average molecular weight is 400 g/mol. The van der Waals surface area contributed by atoms with Crippen molar-refractivity contribution in [3.05, 3.63) is 46.2 Å². The highest BCUT2D eigenvalue weighted by Gasteiger charge is 2.27. The smallest absolute Gasteiger partial charge is 0.272 e. The fourth-order valence-electron chi connectivity index (χ4n) is 3.65. The molecule has 0 fully saturated rings. The Balaban J connectivity index is 1.47. The van der Waals surface area contributed by atoms with Crippen LogP contribution in [0, 0.1) is 0 Å². The number of thiazole rings is 1. The van der Waals surface area contributed by atoms with Crippen molar-refractivity contribution in [2.45, 2.75) is 25.9 Å². The fourth-order valence-corrected chi connectivity index (χ4v) is 4.66. The van der Waals surface area contributed by atoms with Gasteiger partial charge in [0, 0.05) is 58.1 Å². The van der Waals surface area contributed by atoms with Gasteiger partial charge in [-0.05, 0) is 18.6 Å². The predicted octanol–water partition coefficient (Wildman–Crippen LogP) is 2.35. The van der Waals surface area contributed by atoms with Crippen LogP contribution in [0.5, 0.6) is 0 Å². The van der Waals surface area contributed by atoms with Gasteiger partial charge in [-0.25, -0.2) is 4.98 Å². The number of benzene rings is 1. The molecule has 1 N–H and O–H groups in total. The molecule has 0 unspecified atom stereocenters. The Morgan fingerprint density at radius 2 is 2.21 bits per heavy atom. The molecule has 148 valence electrons. The van der Waals surface area contributed by atoms with Crippen LogP contribution in [0.2, 0.25) is 0 Å². The largest absolute Gasteiger partial charge is 0.385 e. The number of amides is 1. The second-order valence-corrected chi connectivity index (χ2v) is 8.15. The van der Waals surface area contributed by atoms with Crippen LogP contribution >= 0.6 is 11.3 Å². The lowest BCUT2D eigenvalue weighted by atomic mass is 10.0. The zero-order valence-electron chi connectivity index (χ0n) is 16.3. The molecule has 28 heavy (non-hydrogen) atoms. The van der Waals surface area contributed by atoms with Gasteiger partial charge in [-0.3, -0.25) is 14.4 Å². The van der Waals surface area contributed by atoms with Crippen LogP contribution in [-0.4, -0.2) is 52.4 Å². The Bertz CT molecular complexity index is 947. The third kappa shape index (κ3) is 3.94. The van der Waals surface area contributed by atoms with Gasteiger partial charge >= 0.3 is 0 Å². The number of rotatable bonds is 7. The van der Waals surface area contributed by atoms with Gasteiger partial charge in [-0.2, -0.15) is 5.10 Å². The summed E-state index contributed by atoms with van der Waals surface area (Å²) in [6, 6.07) is 8.23. The van der Waals surface area contributed by atoms with Gasteiger partial charge in [-0.15, -0.1) is 11.3 Å². The first kappa shape index (κ1) is 19.0. The van der Waals surface area contributed by atoms with Crippen LogP contribution in [0.15, 0.2) is 24.3 Å². The van der Waals surface area contributed by atoms with Crippen LogP contribution in [-0.2, 0) is 31.3 Å². The highest BCUT2D eigenvalue weighted by atomic mass is 32.1. The van der Waals surface area contributed by atoms with Gasteiger partial charge in [0.1, 0.15) is 5.01 Å². The minimum absolute atomic E-state index is 0.102. The van der Waals surface area contributed by atoms with E-state index in [0.717, 1.165) is 54.3 Å². The topological polar surface area (TPSA) is 72.3 Å². The zero-order valence-corrected chi connectivity index (χ0v) is 17.1. The van der Waals surface area contributed by atoms with Crippen LogP contribution in [0.25, 0.3) is 10.2 Å². The van der Waals surface area contributed by atoms with Crippen molar-refractivity contribution in [3.63, 3.8) is 0 Å². The van der Waals surface area contributed by atoms with Crippen molar-refractivity contribution in [2.75, 3.05) is 26.8 Å². The first-order valence-electron chi connectivity index (χ1n) is 9.54. The maximum atomic E-state index is 12.6. The molecule has 3 aromatic rings. The number of para-hydroxylation sites is 1. The van der Waals surface area contributed by atoms with Crippen LogP contribution < -0.4 is 5.32 Å². The van der Waals surface area contributed by atoms with Crippen molar-refractivity contribution in [1.82, 2.24) is 25.0 Å². The molecular formula is C20H25N5O2S. The molecule has 1 aliphatic rings. The Labute approximate surface area is 168 Å². The van der Waals surface area contributed by atoms with E-state index in [9.17, 15) is 4.79 Å². The summed E-state index contributed by atoms with van der Waals surface area (Å²) in [5.41, 5.74) is 3.79. The number of hydrogen-bond donors (Lipinski definition) is 1. The number of hydrogen-bond acceptors (Lipinski definition) is 6. The van der Waals surface area contributed by atoms with Gasteiger partial charge < -0.3 is 10.1 Å². The number of aromatic nitrogens is 3. The predicted molar refractivity (Wildman–Crippen MR) is 109 cm³/mol. The number of nitrogens with one attached hydrogen (secondary N) is 1. The molecule has 0 aliphatic carbocycles. The highest BCUT2D eigenvalue weighted by molar-refractivity contribution is 7.18. The Morgan fingerprint density at radius 3 is 3.04 bits per heavy atom. The summed E-state index contributed by atoms with van der Waals surface area (Å²) in [6.07, 6.45) is 1.68. The maximum Gasteiger partial charge on any atom is 0.272 e. The first-order chi connectivity index (χ1) is 13.7. The molecule has 0 saturated carbocycles. The normalized spacial score (nSPS) is 14.4. The van der Waals surface area contributed by atoms with E-state index in [4.69, 9.17) is 9.72 Å². The summed E-state index contributed by atoms with van der Waals surface area (Å²) in [4.78, 5) is 19.7. The molecule has 0 saturated heterocycles. The SMILES string of the molecule is COCCCNC(=O)c1nn(C)c2c1CN(Cc1nc3ccccc3s1)CC2. The molecule has 3 heterocycles.